The molecule has 0 radical (unpaired) electrons. The molecule has 0 saturated carbocycles. The summed E-state index contributed by atoms with van der Waals surface area (Å²) in [5.41, 5.74) is 1.59. The van der Waals surface area contributed by atoms with Crippen molar-refractivity contribution in [2.75, 3.05) is 11.8 Å². The molecule has 0 saturated heterocycles. The first-order chi connectivity index (χ1) is 13.4. The first-order valence-corrected chi connectivity index (χ1v) is 10.1. The van der Waals surface area contributed by atoms with Crippen molar-refractivity contribution in [2.24, 2.45) is 0 Å². The van der Waals surface area contributed by atoms with Gasteiger partial charge in [-0.05, 0) is 36.4 Å². The standard InChI is InChI=1S/C20H14ClNO5S/c1-26-20(23)16-11-13(7-9-17(16)21)28(24,25)22-12-6-8-15-14-4-2-3-5-18(14)27-19(15)10-12/h2-11,22H,1H3. The highest BCUT2D eigenvalue weighted by Gasteiger charge is 2.20. The zero-order chi connectivity index (χ0) is 19.9. The van der Waals surface area contributed by atoms with Gasteiger partial charge in [0.2, 0.25) is 0 Å². The number of carbonyl (C=O) groups is 1. The third kappa shape index (κ3) is 3.19. The van der Waals surface area contributed by atoms with E-state index in [1.54, 1.807) is 18.2 Å². The third-order valence-electron chi connectivity index (χ3n) is 4.28. The Labute approximate surface area is 165 Å². The molecule has 1 heterocycles. The van der Waals surface area contributed by atoms with Crippen LogP contribution in [-0.4, -0.2) is 21.5 Å². The minimum Gasteiger partial charge on any atom is -0.465 e. The zero-order valence-electron chi connectivity index (χ0n) is 14.6. The minimum absolute atomic E-state index is 0.0280. The normalized spacial score (nSPS) is 11.6. The summed E-state index contributed by atoms with van der Waals surface area (Å²) < 4.78 is 38.4. The number of carbonyl (C=O) groups excluding carboxylic acids is 1. The van der Waals surface area contributed by atoms with E-state index in [0.717, 1.165) is 16.4 Å². The number of hydrogen-bond donors (Lipinski definition) is 1. The van der Waals surface area contributed by atoms with E-state index in [2.05, 4.69) is 9.46 Å². The van der Waals surface area contributed by atoms with Crippen LogP contribution in [0.3, 0.4) is 0 Å². The maximum absolute atomic E-state index is 12.7. The van der Waals surface area contributed by atoms with Gasteiger partial charge in [-0.2, -0.15) is 0 Å². The van der Waals surface area contributed by atoms with Gasteiger partial charge in [-0.25, -0.2) is 13.2 Å². The van der Waals surface area contributed by atoms with Crippen LogP contribution >= 0.6 is 11.6 Å². The smallest absolute Gasteiger partial charge is 0.339 e. The SMILES string of the molecule is COC(=O)c1cc(S(=O)(=O)Nc2ccc3c(c2)oc2ccccc23)ccc1Cl. The van der Waals surface area contributed by atoms with Crippen LogP contribution in [0.25, 0.3) is 21.9 Å². The zero-order valence-corrected chi connectivity index (χ0v) is 16.2. The molecule has 0 aliphatic carbocycles. The molecule has 4 aromatic rings. The average Bonchev–Trinajstić information content (AvgIpc) is 3.05. The number of ether oxygens (including phenoxy) is 1. The lowest BCUT2D eigenvalue weighted by Gasteiger charge is -2.10. The Morgan fingerprint density at radius 1 is 1.00 bits per heavy atom. The van der Waals surface area contributed by atoms with Gasteiger partial charge in [-0.1, -0.05) is 29.8 Å². The highest BCUT2D eigenvalue weighted by atomic mass is 35.5. The fourth-order valence-corrected chi connectivity index (χ4v) is 4.21. The quantitative estimate of drug-likeness (QED) is 0.482. The van der Waals surface area contributed by atoms with Gasteiger partial charge in [0.05, 0.1) is 28.3 Å². The summed E-state index contributed by atoms with van der Waals surface area (Å²) in [5.74, 6) is -0.717. The maximum Gasteiger partial charge on any atom is 0.339 e. The number of sulfonamides is 1. The summed E-state index contributed by atoms with van der Waals surface area (Å²) in [6.07, 6.45) is 0. The number of hydrogen-bond acceptors (Lipinski definition) is 5. The Bertz CT molecular complexity index is 1330. The van der Waals surface area contributed by atoms with Crippen LogP contribution in [0.2, 0.25) is 5.02 Å². The Morgan fingerprint density at radius 3 is 2.54 bits per heavy atom. The van der Waals surface area contributed by atoms with Crippen LogP contribution in [0.15, 0.2) is 70.0 Å². The van der Waals surface area contributed by atoms with Crippen molar-refractivity contribution in [2.45, 2.75) is 4.90 Å². The third-order valence-corrected chi connectivity index (χ3v) is 5.99. The summed E-state index contributed by atoms with van der Waals surface area (Å²) in [6, 6.07) is 16.5. The molecule has 1 N–H and O–H groups in total. The minimum atomic E-state index is -3.95. The second-order valence-electron chi connectivity index (χ2n) is 6.05. The second kappa shape index (κ2) is 6.85. The number of nitrogens with one attached hydrogen (secondary N) is 1. The highest BCUT2D eigenvalue weighted by molar-refractivity contribution is 7.92. The fraction of sp³-hybridized carbons (Fsp3) is 0.0500. The molecule has 0 fully saturated rings. The van der Waals surface area contributed by atoms with E-state index < -0.39 is 16.0 Å². The van der Waals surface area contributed by atoms with Crippen molar-refractivity contribution in [1.82, 2.24) is 0 Å². The van der Waals surface area contributed by atoms with Crippen LogP contribution in [0.5, 0.6) is 0 Å². The van der Waals surface area contributed by atoms with E-state index in [9.17, 15) is 13.2 Å². The molecule has 0 spiro atoms. The van der Waals surface area contributed by atoms with Crippen LogP contribution in [0, 0.1) is 0 Å². The molecule has 0 amide bonds. The molecule has 0 bridgehead atoms. The lowest BCUT2D eigenvalue weighted by Crippen LogP contribution is -2.14. The molecule has 8 heteroatoms. The van der Waals surface area contributed by atoms with Gasteiger partial charge < -0.3 is 9.15 Å². The van der Waals surface area contributed by atoms with E-state index in [1.807, 2.05) is 24.3 Å². The molecular formula is C20H14ClNO5S. The number of para-hydroxylation sites is 1. The molecule has 4 rings (SSSR count). The summed E-state index contributed by atoms with van der Waals surface area (Å²) in [7, 11) is -2.76. The maximum atomic E-state index is 12.7. The topological polar surface area (TPSA) is 85.6 Å². The van der Waals surface area contributed by atoms with Crippen LogP contribution in [0.4, 0.5) is 5.69 Å². The number of fused-ring (bicyclic) bond motifs is 3. The van der Waals surface area contributed by atoms with Crippen molar-refractivity contribution in [3.05, 3.63) is 71.2 Å². The summed E-state index contributed by atoms with van der Waals surface area (Å²) >= 11 is 5.96. The summed E-state index contributed by atoms with van der Waals surface area (Å²) in [5, 5.41) is 1.94. The highest BCUT2D eigenvalue weighted by Crippen LogP contribution is 2.31. The molecule has 3 aromatic carbocycles. The molecule has 6 nitrogen and oxygen atoms in total. The predicted molar refractivity (Wildman–Crippen MR) is 107 cm³/mol. The van der Waals surface area contributed by atoms with Crippen molar-refractivity contribution in [3.8, 4) is 0 Å². The Morgan fingerprint density at radius 2 is 1.75 bits per heavy atom. The average molecular weight is 416 g/mol. The van der Waals surface area contributed by atoms with Crippen molar-refractivity contribution < 1.29 is 22.4 Å². The van der Waals surface area contributed by atoms with Gasteiger partial charge in [0.1, 0.15) is 11.2 Å². The Kier molecular flexibility index (Phi) is 4.49. The van der Waals surface area contributed by atoms with Gasteiger partial charge >= 0.3 is 5.97 Å². The number of rotatable bonds is 4. The number of benzene rings is 3. The van der Waals surface area contributed by atoms with Crippen LogP contribution < -0.4 is 4.72 Å². The fourth-order valence-electron chi connectivity index (χ4n) is 2.94. The molecular weight excluding hydrogens is 402 g/mol. The lowest BCUT2D eigenvalue weighted by atomic mass is 10.1. The summed E-state index contributed by atoms with van der Waals surface area (Å²) in [4.78, 5) is 11.7. The van der Waals surface area contributed by atoms with Crippen molar-refractivity contribution in [1.29, 1.82) is 0 Å². The van der Waals surface area contributed by atoms with Gasteiger partial charge in [0.25, 0.3) is 10.0 Å². The number of methoxy groups -OCH3 is 1. The largest absolute Gasteiger partial charge is 0.465 e. The molecule has 28 heavy (non-hydrogen) atoms. The molecule has 0 aliphatic heterocycles. The van der Waals surface area contributed by atoms with Gasteiger partial charge in [0, 0.05) is 16.8 Å². The molecule has 0 unspecified atom stereocenters. The second-order valence-corrected chi connectivity index (χ2v) is 8.14. The molecule has 142 valence electrons. The monoisotopic (exact) mass is 415 g/mol. The van der Waals surface area contributed by atoms with E-state index in [-0.39, 0.29) is 15.5 Å². The predicted octanol–water partition coefficient (Wildman–Crippen LogP) is 4.83. The van der Waals surface area contributed by atoms with Gasteiger partial charge in [0.15, 0.2) is 0 Å². The molecule has 0 atom stereocenters. The Balaban J connectivity index is 1.71. The van der Waals surface area contributed by atoms with E-state index in [4.69, 9.17) is 16.0 Å². The van der Waals surface area contributed by atoms with Gasteiger partial charge in [-0.15, -0.1) is 0 Å². The van der Waals surface area contributed by atoms with Gasteiger partial charge in [-0.3, -0.25) is 4.72 Å². The first-order valence-electron chi connectivity index (χ1n) is 8.21. The van der Waals surface area contributed by atoms with Crippen molar-refractivity contribution in [3.63, 3.8) is 0 Å². The van der Waals surface area contributed by atoms with E-state index in [1.165, 1.54) is 25.3 Å². The Hall–Kier alpha value is -3.03. The molecule has 1 aromatic heterocycles. The van der Waals surface area contributed by atoms with Crippen LogP contribution in [0.1, 0.15) is 10.4 Å². The summed E-state index contributed by atoms with van der Waals surface area (Å²) in [6.45, 7) is 0. The van der Waals surface area contributed by atoms with Crippen LogP contribution in [-0.2, 0) is 14.8 Å². The number of halogens is 1. The van der Waals surface area contributed by atoms with Crippen molar-refractivity contribution >= 4 is 55.2 Å². The van der Waals surface area contributed by atoms with E-state index in [0.29, 0.717) is 11.3 Å². The number of furan rings is 1. The van der Waals surface area contributed by atoms with E-state index >= 15 is 0 Å². The number of esters is 1. The molecule has 0 aliphatic rings. The first kappa shape index (κ1) is 18.3. The lowest BCUT2D eigenvalue weighted by molar-refractivity contribution is 0.0600. The number of anilines is 1.